The minimum atomic E-state index is -1.93. The summed E-state index contributed by atoms with van der Waals surface area (Å²) in [5, 5.41) is 2.35. The van der Waals surface area contributed by atoms with Gasteiger partial charge in [-0.15, -0.1) is 0 Å². The van der Waals surface area contributed by atoms with E-state index in [1.807, 2.05) is 0 Å². The van der Waals surface area contributed by atoms with E-state index in [2.05, 4.69) is 67.4 Å². The summed E-state index contributed by atoms with van der Waals surface area (Å²) in [6, 6.07) is 0. The van der Waals surface area contributed by atoms with Crippen molar-refractivity contribution in [3.8, 4) is 0 Å². The number of hydrogen-bond acceptors (Lipinski definition) is 1. The van der Waals surface area contributed by atoms with Crippen molar-refractivity contribution in [1.29, 1.82) is 0 Å². The first-order chi connectivity index (χ1) is 8.65. The molecule has 0 aromatic rings. The van der Waals surface area contributed by atoms with Crippen molar-refractivity contribution >= 4 is 21.6 Å². The number of hydrogen-bond donors (Lipinski definition) is 0. The highest BCUT2D eigenvalue weighted by molar-refractivity contribution is 7.06. The Labute approximate surface area is 128 Å². The molecular weight excluding hydrogens is 276 g/mol. The number of allylic oxidation sites excluding steroid dienone is 2. The normalized spacial score (nSPS) is 25.3. The average molecular weight is 311 g/mol. The molecule has 1 aliphatic rings. The van der Waals surface area contributed by atoms with Gasteiger partial charge in [-0.05, 0) is 31.7 Å². The quantitative estimate of drug-likeness (QED) is 0.620. The van der Waals surface area contributed by atoms with Crippen LogP contribution in [-0.4, -0.2) is 21.6 Å². The molecule has 0 saturated heterocycles. The van der Waals surface area contributed by atoms with Crippen LogP contribution in [0.2, 0.25) is 37.8 Å². The second-order valence-electron chi connectivity index (χ2n) is 9.39. The lowest BCUT2D eigenvalue weighted by atomic mass is 9.85. The molecule has 0 saturated carbocycles. The van der Waals surface area contributed by atoms with E-state index in [0.717, 1.165) is 12.8 Å². The van der Waals surface area contributed by atoms with Gasteiger partial charge in [0.2, 0.25) is 0 Å². The van der Waals surface area contributed by atoms with Crippen LogP contribution in [0.5, 0.6) is 0 Å². The van der Waals surface area contributed by atoms with Crippen LogP contribution in [0.3, 0.4) is 0 Å². The highest BCUT2D eigenvalue weighted by Gasteiger charge is 2.52. The Kier molecular flexibility index (Phi) is 4.42. The summed E-state index contributed by atoms with van der Waals surface area (Å²) in [5.74, 6) is 0. The molecule has 0 heterocycles. The van der Waals surface area contributed by atoms with E-state index in [4.69, 9.17) is 0 Å². The summed E-state index contributed by atoms with van der Waals surface area (Å²) in [7, 11) is -3.22. The van der Waals surface area contributed by atoms with Crippen LogP contribution in [0, 0.1) is 5.41 Å². The van der Waals surface area contributed by atoms with Gasteiger partial charge in [0, 0.05) is 5.41 Å². The minimum Gasteiger partial charge on any atom is -0.304 e. The van der Waals surface area contributed by atoms with E-state index < -0.39 is 16.1 Å². The van der Waals surface area contributed by atoms with E-state index >= 15 is 0 Å². The monoisotopic (exact) mass is 310 g/mol. The summed E-state index contributed by atoms with van der Waals surface area (Å²) in [6.45, 7) is 23.0. The van der Waals surface area contributed by atoms with Gasteiger partial charge in [0.25, 0.3) is 0 Å². The molecule has 1 atom stereocenters. The number of rotatable bonds is 3. The van der Waals surface area contributed by atoms with E-state index in [-0.39, 0.29) is 10.5 Å². The molecule has 116 valence electrons. The second kappa shape index (κ2) is 4.94. The van der Waals surface area contributed by atoms with Crippen LogP contribution in [0.1, 0.15) is 47.5 Å². The molecule has 0 bridgehead atoms. The van der Waals surface area contributed by atoms with Crippen LogP contribution in [-0.2, 0) is 4.79 Å². The van der Waals surface area contributed by atoms with Gasteiger partial charge in [-0.1, -0.05) is 64.3 Å². The molecule has 0 spiro atoms. The third-order valence-corrected chi connectivity index (χ3v) is 13.9. The molecule has 0 aromatic heterocycles. The minimum absolute atomic E-state index is 0.134. The maximum absolute atomic E-state index is 13.4. The van der Waals surface area contributed by atoms with Gasteiger partial charge in [-0.2, -0.15) is 0 Å². The molecule has 0 aliphatic heterocycles. The van der Waals surface area contributed by atoms with E-state index in [0.29, 0.717) is 5.41 Å². The topological polar surface area (TPSA) is 17.1 Å². The first-order valence-electron chi connectivity index (χ1n) is 7.91. The zero-order valence-corrected chi connectivity index (χ0v) is 17.3. The lowest BCUT2D eigenvalue weighted by Gasteiger charge is -2.41. The summed E-state index contributed by atoms with van der Waals surface area (Å²) in [4.78, 5) is 13.4. The zero-order chi connectivity index (χ0) is 16.1. The highest BCUT2D eigenvalue weighted by Crippen LogP contribution is 2.50. The molecule has 20 heavy (non-hydrogen) atoms. The Balaban J connectivity index is 3.28. The highest BCUT2D eigenvalue weighted by atomic mass is 28.3. The van der Waals surface area contributed by atoms with Crippen LogP contribution < -0.4 is 0 Å². The third-order valence-electron chi connectivity index (χ3n) is 6.00. The predicted octanol–water partition coefficient (Wildman–Crippen LogP) is 5.60. The van der Waals surface area contributed by atoms with Gasteiger partial charge in [-0.25, -0.2) is 0 Å². The maximum atomic E-state index is 13.4. The van der Waals surface area contributed by atoms with Crippen molar-refractivity contribution in [2.45, 2.75) is 85.2 Å². The van der Waals surface area contributed by atoms with E-state index in [1.54, 1.807) is 5.20 Å². The van der Waals surface area contributed by atoms with Gasteiger partial charge in [0.05, 0.1) is 8.07 Å². The van der Waals surface area contributed by atoms with Crippen molar-refractivity contribution in [2.24, 2.45) is 5.41 Å². The Bertz CT molecular complexity index is 447. The Hall–Kier alpha value is -0.156. The van der Waals surface area contributed by atoms with Gasteiger partial charge < -0.3 is 4.79 Å². The van der Waals surface area contributed by atoms with Crippen molar-refractivity contribution in [2.75, 3.05) is 0 Å². The third kappa shape index (κ3) is 2.76. The lowest BCUT2D eigenvalue weighted by Crippen LogP contribution is -2.53. The molecule has 1 unspecified atom stereocenters. The van der Waals surface area contributed by atoms with Gasteiger partial charge in [0.1, 0.15) is 13.5 Å². The second-order valence-corrected chi connectivity index (χ2v) is 19.7. The summed E-state index contributed by atoms with van der Waals surface area (Å²) < 4.78 is 0. The van der Waals surface area contributed by atoms with Crippen molar-refractivity contribution in [1.82, 2.24) is 0 Å². The van der Waals surface area contributed by atoms with Crippen molar-refractivity contribution in [3.63, 3.8) is 0 Å². The molecule has 0 aromatic carbocycles. The largest absolute Gasteiger partial charge is 0.304 e. The number of carbonyl (C=O) groups is 1. The van der Waals surface area contributed by atoms with Gasteiger partial charge in [0.15, 0.2) is 0 Å². The molecule has 1 aliphatic carbocycles. The zero-order valence-electron chi connectivity index (χ0n) is 15.3. The van der Waals surface area contributed by atoms with Crippen LogP contribution >= 0.6 is 0 Å². The fraction of sp³-hybridized carbons (Fsp3) is 0.824. The molecule has 0 fully saturated rings. The van der Waals surface area contributed by atoms with Gasteiger partial charge >= 0.3 is 0 Å². The smallest absolute Gasteiger partial charge is 0.133 e. The fourth-order valence-electron chi connectivity index (χ4n) is 3.33. The van der Waals surface area contributed by atoms with Crippen molar-refractivity contribution in [3.05, 3.63) is 10.8 Å². The Morgan fingerprint density at radius 2 is 1.55 bits per heavy atom. The van der Waals surface area contributed by atoms with Crippen LogP contribution in [0.25, 0.3) is 0 Å². The van der Waals surface area contributed by atoms with E-state index in [1.165, 1.54) is 5.57 Å². The molecular formula is C17H34OSi2. The molecule has 3 heteroatoms. The fourth-order valence-corrected chi connectivity index (χ4v) is 7.98. The summed E-state index contributed by atoms with van der Waals surface area (Å²) in [5.41, 5.74) is 1.24. The molecule has 0 N–H and O–H groups in total. The standard InChI is InChI=1S/C17H34OSi2/c1-13-14(19(6,7)8)11-12-17(13,5)15(18)20(9,10)16(2,3)4/h11-12H2,1-10H3. The van der Waals surface area contributed by atoms with Crippen LogP contribution in [0.4, 0.5) is 0 Å². The lowest BCUT2D eigenvalue weighted by molar-refractivity contribution is -0.119. The molecule has 0 amide bonds. The first kappa shape index (κ1) is 17.9. The number of carbonyl (C=O) groups excluding carboxylic acids is 1. The van der Waals surface area contributed by atoms with Crippen molar-refractivity contribution < 1.29 is 4.79 Å². The Morgan fingerprint density at radius 3 is 1.85 bits per heavy atom. The molecule has 0 radical (unpaired) electrons. The first-order valence-corrected chi connectivity index (χ1v) is 14.4. The molecule has 1 rings (SSSR count). The summed E-state index contributed by atoms with van der Waals surface area (Å²) >= 11 is 0. The maximum Gasteiger partial charge on any atom is 0.133 e. The Morgan fingerprint density at radius 1 is 1.10 bits per heavy atom. The van der Waals surface area contributed by atoms with Gasteiger partial charge in [-0.3, -0.25) is 0 Å². The average Bonchev–Trinajstić information content (AvgIpc) is 2.53. The predicted molar refractivity (Wildman–Crippen MR) is 95.6 cm³/mol. The summed E-state index contributed by atoms with van der Waals surface area (Å²) in [6.07, 6.45) is 2.20. The van der Waals surface area contributed by atoms with E-state index in [9.17, 15) is 4.79 Å². The van der Waals surface area contributed by atoms with Crippen LogP contribution in [0.15, 0.2) is 10.8 Å². The molecule has 1 nitrogen and oxygen atoms in total. The SMILES string of the molecule is CC1=C([Si](C)(C)C)CCC1(C)C(=O)[Si](C)(C)C(C)(C)C.